The third kappa shape index (κ3) is 4.07. The molecule has 2 aliphatic heterocycles. The molecule has 0 saturated carbocycles. The van der Waals surface area contributed by atoms with E-state index in [1.54, 1.807) is 0 Å². The molecule has 1 aromatic heterocycles. The number of rotatable bonds is 3. The summed E-state index contributed by atoms with van der Waals surface area (Å²) in [5.41, 5.74) is 1.43. The smallest absolute Gasteiger partial charge is 0.253 e. The molecule has 2 aromatic rings. The lowest BCUT2D eigenvalue weighted by Crippen LogP contribution is -2.50. The fourth-order valence-electron chi connectivity index (χ4n) is 4.41. The minimum Gasteiger partial charge on any atom is -0.375 e. The van der Waals surface area contributed by atoms with Crippen LogP contribution in [0.4, 0.5) is 0 Å². The van der Waals surface area contributed by atoms with Gasteiger partial charge in [0.05, 0.1) is 11.5 Å². The second-order valence-electron chi connectivity index (χ2n) is 8.68. The van der Waals surface area contributed by atoms with Crippen molar-refractivity contribution in [3.05, 3.63) is 36.0 Å². The number of carbonyl (C=O) groups excluding carboxylic acids is 2. The van der Waals surface area contributed by atoms with Crippen molar-refractivity contribution >= 4 is 22.7 Å². The van der Waals surface area contributed by atoms with E-state index in [4.69, 9.17) is 4.74 Å². The van der Waals surface area contributed by atoms with Crippen LogP contribution in [0.25, 0.3) is 10.9 Å². The van der Waals surface area contributed by atoms with Crippen molar-refractivity contribution in [1.29, 1.82) is 0 Å². The van der Waals surface area contributed by atoms with Crippen LogP contribution in [0.3, 0.4) is 0 Å². The van der Waals surface area contributed by atoms with Gasteiger partial charge >= 0.3 is 0 Å². The molecule has 1 aromatic carbocycles. The number of H-pyrrole nitrogens is 1. The molecule has 0 aliphatic carbocycles. The first-order chi connectivity index (χ1) is 13.4. The first-order valence-corrected chi connectivity index (χ1v) is 10.2. The first-order valence-electron chi connectivity index (χ1n) is 10.2. The Hall–Kier alpha value is -2.34. The van der Waals surface area contributed by atoms with Crippen LogP contribution in [0, 0.1) is 5.92 Å². The highest BCUT2D eigenvalue weighted by molar-refractivity contribution is 5.98. The Labute approximate surface area is 165 Å². The topological polar surface area (TPSA) is 74.4 Å². The molecule has 2 amide bonds. The highest BCUT2D eigenvalue weighted by Gasteiger charge is 2.33. The van der Waals surface area contributed by atoms with Crippen LogP contribution in [0.2, 0.25) is 0 Å². The van der Waals surface area contributed by atoms with Crippen molar-refractivity contribution in [1.82, 2.24) is 15.2 Å². The summed E-state index contributed by atoms with van der Waals surface area (Å²) in [6.45, 7) is 5.99. The number of piperidine rings is 1. The van der Waals surface area contributed by atoms with Crippen LogP contribution in [-0.4, -0.2) is 53.0 Å². The molecule has 2 N–H and O–H groups in total. The third-order valence-electron chi connectivity index (χ3n) is 5.92. The van der Waals surface area contributed by atoms with Gasteiger partial charge in [-0.1, -0.05) is 6.07 Å². The number of carbonyl (C=O) groups is 2. The molecule has 4 rings (SSSR count). The van der Waals surface area contributed by atoms with Gasteiger partial charge in [0.15, 0.2) is 0 Å². The van der Waals surface area contributed by atoms with Crippen molar-refractivity contribution in [2.45, 2.75) is 51.2 Å². The maximum atomic E-state index is 13.0. The van der Waals surface area contributed by atoms with Gasteiger partial charge in [-0.05, 0) is 63.1 Å². The van der Waals surface area contributed by atoms with Gasteiger partial charge in [0.25, 0.3) is 5.91 Å². The highest BCUT2D eigenvalue weighted by Crippen LogP contribution is 2.25. The predicted molar refractivity (Wildman–Crippen MR) is 108 cm³/mol. The van der Waals surface area contributed by atoms with E-state index >= 15 is 0 Å². The molecular formula is C22H29N3O3. The monoisotopic (exact) mass is 383 g/mol. The van der Waals surface area contributed by atoms with Crippen LogP contribution in [-0.2, 0) is 9.53 Å². The van der Waals surface area contributed by atoms with E-state index in [2.05, 4.69) is 24.1 Å². The summed E-state index contributed by atoms with van der Waals surface area (Å²) < 4.78 is 5.74. The number of likely N-dealkylation sites (tertiary alicyclic amines) is 1. The Morgan fingerprint density at radius 3 is 2.93 bits per heavy atom. The van der Waals surface area contributed by atoms with Gasteiger partial charge < -0.3 is 19.9 Å². The zero-order chi connectivity index (χ0) is 19.7. The van der Waals surface area contributed by atoms with Crippen molar-refractivity contribution in [3.63, 3.8) is 0 Å². The zero-order valence-electron chi connectivity index (χ0n) is 16.7. The van der Waals surface area contributed by atoms with E-state index in [9.17, 15) is 9.59 Å². The van der Waals surface area contributed by atoms with Crippen LogP contribution in [0.1, 0.15) is 49.9 Å². The number of aromatic amines is 1. The molecule has 6 heteroatoms. The fraction of sp³-hybridized carbons (Fsp3) is 0.545. The number of aromatic nitrogens is 1. The van der Waals surface area contributed by atoms with Crippen molar-refractivity contribution in [3.8, 4) is 0 Å². The molecular weight excluding hydrogens is 354 g/mol. The van der Waals surface area contributed by atoms with Crippen LogP contribution < -0.4 is 5.32 Å². The van der Waals surface area contributed by atoms with Crippen molar-refractivity contribution in [2.75, 3.05) is 19.7 Å². The van der Waals surface area contributed by atoms with E-state index in [1.165, 1.54) is 0 Å². The largest absolute Gasteiger partial charge is 0.375 e. The summed E-state index contributed by atoms with van der Waals surface area (Å²) in [5, 5.41) is 4.29. The predicted octanol–water partition coefficient (Wildman–Crippen LogP) is 3.09. The van der Waals surface area contributed by atoms with Crippen molar-refractivity contribution < 1.29 is 14.3 Å². The second kappa shape index (κ2) is 7.59. The lowest BCUT2D eigenvalue weighted by molar-refractivity contribution is -0.129. The summed E-state index contributed by atoms with van der Waals surface area (Å²) in [5.74, 6) is -0.0703. The standard InChI is InChI=1S/C22H29N3O3/c1-22(2)13-18(8-11-28-22)24-20(26)17-4-3-10-25(14-17)21(27)16-6-5-15-7-9-23-19(15)12-16/h5-7,9,12,17-18,23H,3-4,8,10-11,13-14H2,1-2H3,(H,24,26)/t17-,18+/m1/s1. The minimum absolute atomic E-state index is 0.00111. The Morgan fingerprint density at radius 2 is 2.11 bits per heavy atom. The number of ether oxygens (including phenoxy) is 1. The summed E-state index contributed by atoms with van der Waals surface area (Å²) in [7, 11) is 0. The van der Waals surface area contributed by atoms with Gasteiger partial charge in [-0.15, -0.1) is 0 Å². The summed E-state index contributed by atoms with van der Waals surface area (Å²) in [6.07, 6.45) is 5.23. The molecule has 150 valence electrons. The molecule has 2 aliphatic rings. The second-order valence-corrected chi connectivity index (χ2v) is 8.68. The number of nitrogens with zero attached hydrogens (tertiary/aromatic N) is 1. The summed E-state index contributed by atoms with van der Waals surface area (Å²) >= 11 is 0. The Morgan fingerprint density at radius 1 is 1.25 bits per heavy atom. The summed E-state index contributed by atoms with van der Waals surface area (Å²) in [4.78, 5) is 30.8. The molecule has 0 bridgehead atoms. The minimum atomic E-state index is -0.193. The van der Waals surface area contributed by atoms with E-state index in [0.717, 1.165) is 36.6 Å². The fourth-order valence-corrected chi connectivity index (χ4v) is 4.41. The number of hydrogen-bond donors (Lipinski definition) is 2. The third-order valence-corrected chi connectivity index (χ3v) is 5.92. The zero-order valence-corrected chi connectivity index (χ0v) is 16.7. The molecule has 2 fully saturated rings. The molecule has 28 heavy (non-hydrogen) atoms. The lowest BCUT2D eigenvalue weighted by atomic mass is 9.92. The van der Waals surface area contributed by atoms with Gasteiger partial charge in [-0.2, -0.15) is 0 Å². The van der Waals surface area contributed by atoms with Crippen molar-refractivity contribution in [2.24, 2.45) is 5.92 Å². The maximum absolute atomic E-state index is 13.0. The van der Waals surface area contributed by atoms with E-state index in [0.29, 0.717) is 25.3 Å². The normalized spacial score (nSPS) is 24.9. The number of hydrogen-bond acceptors (Lipinski definition) is 3. The van der Waals surface area contributed by atoms with E-state index in [-0.39, 0.29) is 29.4 Å². The van der Waals surface area contributed by atoms with Crippen LogP contribution in [0.5, 0.6) is 0 Å². The van der Waals surface area contributed by atoms with Crippen LogP contribution >= 0.6 is 0 Å². The average Bonchev–Trinajstić information content (AvgIpc) is 3.14. The summed E-state index contributed by atoms with van der Waals surface area (Å²) in [6, 6.07) is 7.86. The van der Waals surface area contributed by atoms with E-state index < -0.39 is 0 Å². The highest BCUT2D eigenvalue weighted by atomic mass is 16.5. The quantitative estimate of drug-likeness (QED) is 0.855. The van der Waals surface area contributed by atoms with Gasteiger partial charge in [-0.25, -0.2) is 0 Å². The molecule has 3 heterocycles. The Bertz CT molecular complexity index is 873. The molecule has 0 spiro atoms. The van der Waals surface area contributed by atoms with Gasteiger partial charge in [0.2, 0.25) is 5.91 Å². The number of nitrogens with one attached hydrogen (secondary N) is 2. The number of benzene rings is 1. The Kier molecular flexibility index (Phi) is 5.15. The first kappa shape index (κ1) is 19.0. The lowest BCUT2D eigenvalue weighted by Gasteiger charge is -2.37. The van der Waals surface area contributed by atoms with E-state index in [1.807, 2.05) is 35.4 Å². The molecule has 0 unspecified atom stereocenters. The molecule has 6 nitrogen and oxygen atoms in total. The molecule has 0 radical (unpaired) electrons. The molecule has 2 saturated heterocycles. The van der Waals surface area contributed by atoms with Gasteiger partial charge in [0.1, 0.15) is 0 Å². The Balaban J connectivity index is 1.39. The SMILES string of the molecule is CC1(C)C[C@@H](NC(=O)[C@@H]2CCCN(C(=O)c3ccc4cc[nH]c4c3)C2)CCO1. The average molecular weight is 383 g/mol. The van der Waals surface area contributed by atoms with Gasteiger partial charge in [-0.3, -0.25) is 9.59 Å². The number of fused-ring (bicyclic) bond motifs is 1. The van der Waals surface area contributed by atoms with Gasteiger partial charge in [0, 0.05) is 43.0 Å². The number of amides is 2. The molecule has 2 atom stereocenters. The van der Waals surface area contributed by atoms with Crippen LogP contribution in [0.15, 0.2) is 30.5 Å². The maximum Gasteiger partial charge on any atom is 0.253 e.